The van der Waals surface area contributed by atoms with Crippen LogP contribution in [0.3, 0.4) is 0 Å². The zero-order valence-corrected chi connectivity index (χ0v) is 10.4. The first-order chi connectivity index (χ1) is 8.31. The third-order valence-electron chi connectivity index (χ3n) is 2.98. The molecule has 2 heterocycles. The van der Waals surface area contributed by atoms with Crippen molar-refractivity contribution in [1.82, 2.24) is 9.88 Å². The number of nitrogens with two attached hydrogens (primary N) is 1. The highest BCUT2D eigenvalue weighted by Gasteiger charge is 2.11. The SMILES string of the molecule is Nc1nc2ccc(CN3CCOCC3)cc2s1. The maximum Gasteiger partial charge on any atom is 0.181 e. The van der Waals surface area contributed by atoms with E-state index < -0.39 is 0 Å². The molecule has 1 fully saturated rings. The number of thiazole rings is 1. The van der Waals surface area contributed by atoms with Crippen molar-refractivity contribution in [3.8, 4) is 0 Å². The Morgan fingerprint density at radius 2 is 2.18 bits per heavy atom. The van der Waals surface area contributed by atoms with Gasteiger partial charge in [0.15, 0.2) is 5.13 Å². The predicted molar refractivity (Wildman–Crippen MR) is 70.1 cm³/mol. The Bertz CT molecular complexity index is 519. The van der Waals surface area contributed by atoms with Gasteiger partial charge in [0, 0.05) is 19.6 Å². The molecule has 0 amide bonds. The van der Waals surface area contributed by atoms with E-state index in [1.165, 1.54) is 10.3 Å². The molecule has 4 nitrogen and oxygen atoms in total. The lowest BCUT2D eigenvalue weighted by Gasteiger charge is -2.26. The smallest absolute Gasteiger partial charge is 0.181 e. The van der Waals surface area contributed by atoms with Gasteiger partial charge in [0.05, 0.1) is 23.4 Å². The summed E-state index contributed by atoms with van der Waals surface area (Å²) >= 11 is 1.55. The summed E-state index contributed by atoms with van der Waals surface area (Å²) in [6, 6.07) is 6.38. The minimum Gasteiger partial charge on any atom is -0.379 e. The lowest BCUT2D eigenvalue weighted by molar-refractivity contribution is 0.0342. The van der Waals surface area contributed by atoms with Gasteiger partial charge in [-0.15, -0.1) is 0 Å². The van der Waals surface area contributed by atoms with Crippen molar-refractivity contribution in [2.75, 3.05) is 32.0 Å². The monoisotopic (exact) mass is 249 g/mol. The Kier molecular flexibility index (Phi) is 2.96. The summed E-state index contributed by atoms with van der Waals surface area (Å²) < 4.78 is 6.52. The third kappa shape index (κ3) is 2.41. The van der Waals surface area contributed by atoms with E-state index in [1.807, 2.05) is 0 Å². The van der Waals surface area contributed by atoms with Crippen molar-refractivity contribution in [2.45, 2.75) is 6.54 Å². The zero-order chi connectivity index (χ0) is 11.7. The molecular weight excluding hydrogens is 234 g/mol. The Morgan fingerprint density at radius 1 is 1.35 bits per heavy atom. The van der Waals surface area contributed by atoms with E-state index in [9.17, 15) is 0 Å². The average molecular weight is 249 g/mol. The molecule has 0 aliphatic carbocycles. The molecule has 1 aromatic carbocycles. The van der Waals surface area contributed by atoms with Crippen LogP contribution in [0.15, 0.2) is 18.2 Å². The molecule has 0 saturated carbocycles. The molecule has 0 atom stereocenters. The van der Waals surface area contributed by atoms with Crippen molar-refractivity contribution in [3.05, 3.63) is 23.8 Å². The zero-order valence-electron chi connectivity index (χ0n) is 9.56. The van der Waals surface area contributed by atoms with E-state index in [-0.39, 0.29) is 0 Å². The third-order valence-corrected chi connectivity index (χ3v) is 3.83. The van der Waals surface area contributed by atoms with E-state index in [0.29, 0.717) is 5.13 Å². The second-order valence-corrected chi connectivity index (χ2v) is 5.30. The summed E-state index contributed by atoms with van der Waals surface area (Å²) in [5.41, 5.74) is 8.03. The van der Waals surface area contributed by atoms with Crippen LogP contribution in [0.2, 0.25) is 0 Å². The van der Waals surface area contributed by atoms with Crippen molar-refractivity contribution in [3.63, 3.8) is 0 Å². The van der Waals surface area contributed by atoms with Crippen LogP contribution in [0.4, 0.5) is 5.13 Å². The predicted octanol–water partition coefficient (Wildman–Crippen LogP) is 1.71. The van der Waals surface area contributed by atoms with Crippen molar-refractivity contribution in [1.29, 1.82) is 0 Å². The quantitative estimate of drug-likeness (QED) is 0.880. The number of aromatic nitrogens is 1. The van der Waals surface area contributed by atoms with Crippen LogP contribution in [0, 0.1) is 0 Å². The van der Waals surface area contributed by atoms with Crippen LogP contribution in [-0.4, -0.2) is 36.2 Å². The molecule has 2 aromatic rings. The van der Waals surface area contributed by atoms with Gasteiger partial charge in [0.2, 0.25) is 0 Å². The van der Waals surface area contributed by atoms with Crippen LogP contribution in [0.1, 0.15) is 5.56 Å². The normalized spacial score (nSPS) is 17.6. The first-order valence-corrected chi connectivity index (χ1v) is 6.58. The molecule has 90 valence electrons. The lowest BCUT2D eigenvalue weighted by atomic mass is 10.2. The molecule has 17 heavy (non-hydrogen) atoms. The number of morpholine rings is 1. The van der Waals surface area contributed by atoms with Crippen LogP contribution in [0.25, 0.3) is 10.2 Å². The number of nitrogens with zero attached hydrogens (tertiary/aromatic N) is 2. The van der Waals surface area contributed by atoms with E-state index in [1.54, 1.807) is 11.3 Å². The van der Waals surface area contributed by atoms with Gasteiger partial charge in [0.25, 0.3) is 0 Å². The standard InChI is InChI=1S/C12H15N3OS/c13-12-14-10-2-1-9(7-11(10)17-12)8-15-3-5-16-6-4-15/h1-2,7H,3-6,8H2,(H2,13,14). The molecule has 3 rings (SSSR count). The number of rotatable bonds is 2. The second-order valence-electron chi connectivity index (χ2n) is 4.24. The van der Waals surface area contributed by atoms with Crippen molar-refractivity contribution < 1.29 is 4.74 Å². The highest BCUT2D eigenvalue weighted by molar-refractivity contribution is 7.22. The van der Waals surface area contributed by atoms with Gasteiger partial charge in [-0.2, -0.15) is 0 Å². The van der Waals surface area contributed by atoms with Crippen LogP contribution < -0.4 is 5.73 Å². The molecule has 1 saturated heterocycles. The van der Waals surface area contributed by atoms with Crippen LogP contribution in [-0.2, 0) is 11.3 Å². The lowest BCUT2D eigenvalue weighted by Crippen LogP contribution is -2.35. The van der Waals surface area contributed by atoms with Gasteiger partial charge in [0.1, 0.15) is 0 Å². The Balaban J connectivity index is 1.79. The van der Waals surface area contributed by atoms with Crippen molar-refractivity contribution in [2.24, 2.45) is 0 Å². The van der Waals surface area contributed by atoms with E-state index >= 15 is 0 Å². The number of fused-ring (bicyclic) bond motifs is 1. The average Bonchev–Trinajstić information content (AvgIpc) is 2.70. The molecule has 0 radical (unpaired) electrons. The van der Waals surface area contributed by atoms with Gasteiger partial charge in [-0.1, -0.05) is 17.4 Å². The summed E-state index contributed by atoms with van der Waals surface area (Å²) in [4.78, 5) is 6.68. The summed E-state index contributed by atoms with van der Waals surface area (Å²) in [5, 5.41) is 0.642. The Morgan fingerprint density at radius 3 is 3.00 bits per heavy atom. The Labute approximate surface area is 104 Å². The maximum absolute atomic E-state index is 5.71. The van der Waals surface area contributed by atoms with E-state index in [4.69, 9.17) is 10.5 Å². The minimum absolute atomic E-state index is 0.642. The summed E-state index contributed by atoms with van der Waals surface area (Å²) in [6.07, 6.45) is 0. The number of hydrogen-bond acceptors (Lipinski definition) is 5. The minimum atomic E-state index is 0.642. The van der Waals surface area contributed by atoms with Gasteiger partial charge in [-0.05, 0) is 17.7 Å². The number of anilines is 1. The van der Waals surface area contributed by atoms with Gasteiger partial charge >= 0.3 is 0 Å². The van der Waals surface area contributed by atoms with E-state index in [0.717, 1.165) is 38.4 Å². The summed E-state index contributed by atoms with van der Waals surface area (Å²) in [5.74, 6) is 0. The number of ether oxygens (including phenoxy) is 1. The molecule has 1 aliphatic heterocycles. The molecule has 0 spiro atoms. The molecule has 2 N–H and O–H groups in total. The van der Waals surface area contributed by atoms with E-state index in [2.05, 4.69) is 28.1 Å². The topological polar surface area (TPSA) is 51.4 Å². The van der Waals surface area contributed by atoms with Crippen molar-refractivity contribution >= 4 is 26.7 Å². The first-order valence-electron chi connectivity index (χ1n) is 5.76. The molecular formula is C12H15N3OS. The van der Waals surface area contributed by atoms with Gasteiger partial charge in [-0.3, -0.25) is 4.90 Å². The number of nitrogen functional groups attached to an aromatic ring is 1. The molecule has 1 aliphatic rings. The second kappa shape index (κ2) is 4.60. The highest BCUT2D eigenvalue weighted by atomic mass is 32.1. The fourth-order valence-corrected chi connectivity index (χ4v) is 2.90. The molecule has 0 unspecified atom stereocenters. The largest absolute Gasteiger partial charge is 0.379 e. The number of benzene rings is 1. The first kappa shape index (κ1) is 11.0. The maximum atomic E-state index is 5.71. The molecule has 1 aromatic heterocycles. The molecule has 0 bridgehead atoms. The molecule has 5 heteroatoms. The highest BCUT2D eigenvalue weighted by Crippen LogP contribution is 2.25. The summed E-state index contributed by atoms with van der Waals surface area (Å²) in [6.45, 7) is 4.70. The fourth-order valence-electron chi connectivity index (χ4n) is 2.10. The fraction of sp³-hybridized carbons (Fsp3) is 0.417. The van der Waals surface area contributed by atoms with Crippen LogP contribution in [0.5, 0.6) is 0 Å². The Hall–Kier alpha value is -1.17. The van der Waals surface area contributed by atoms with Crippen LogP contribution >= 0.6 is 11.3 Å². The van der Waals surface area contributed by atoms with Gasteiger partial charge in [-0.25, -0.2) is 4.98 Å². The summed E-state index contributed by atoms with van der Waals surface area (Å²) in [7, 11) is 0. The number of hydrogen-bond donors (Lipinski definition) is 1. The van der Waals surface area contributed by atoms with Gasteiger partial charge < -0.3 is 10.5 Å².